The van der Waals surface area contributed by atoms with E-state index in [0.29, 0.717) is 5.56 Å². The van der Waals surface area contributed by atoms with Gasteiger partial charge in [0.1, 0.15) is 5.57 Å². The van der Waals surface area contributed by atoms with E-state index in [9.17, 15) is 14.4 Å². The van der Waals surface area contributed by atoms with Crippen LogP contribution in [0.2, 0.25) is 0 Å². The van der Waals surface area contributed by atoms with E-state index >= 15 is 0 Å². The van der Waals surface area contributed by atoms with Crippen LogP contribution in [-0.2, 0) is 9.59 Å². The smallest absolute Gasteiger partial charge is 0.335 e. The topological polar surface area (TPSA) is 91.6 Å². The quantitative estimate of drug-likeness (QED) is 0.343. The highest BCUT2D eigenvalue weighted by molar-refractivity contribution is 7.80. The number of hydrogen-bond donors (Lipinski definition) is 2. The van der Waals surface area contributed by atoms with E-state index in [0.717, 1.165) is 17.1 Å². The molecule has 0 saturated carbocycles. The zero-order chi connectivity index (χ0) is 21.3. The van der Waals surface area contributed by atoms with Gasteiger partial charge in [-0.3, -0.25) is 19.8 Å². The maximum atomic E-state index is 12.7. The first-order chi connectivity index (χ1) is 13.7. The molecule has 29 heavy (non-hydrogen) atoms. The number of aromatic nitrogens is 1. The summed E-state index contributed by atoms with van der Waals surface area (Å²) in [5.74, 6) is -2.02. The number of aromatic carboxylic acids is 1. The molecule has 1 aromatic heterocycles. The first kappa shape index (κ1) is 20.2. The van der Waals surface area contributed by atoms with Crippen molar-refractivity contribution in [3.05, 3.63) is 71.1 Å². The summed E-state index contributed by atoms with van der Waals surface area (Å²) >= 11 is 5.06. The lowest BCUT2D eigenvalue weighted by Crippen LogP contribution is -2.53. The summed E-state index contributed by atoms with van der Waals surface area (Å²) in [5, 5.41) is 11.6. The molecule has 2 heterocycles. The second-order valence-corrected chi connectivity index (χ2v) is 6.92. The van der Waals surface area contributed by atoms with Crippen molar-refractivity contribution in [1.29, 1.82) is 0 Å². The van der Waals surface area contributed by atoms with E-state index < -0.39 is 17.8 Å². The van der Waals surface area contributed by atoms with Gasteiger partial charge in [0.25, 0.3) is 11.8 Å². The van der Waals surface area contributed by atoms with Gasteiger partial charge in [0.15, 0.2) is 5.11 Å². The Bertz CT molecular complexity index is 1080. The Morgan fingerprint density at radius 3 is 2.48 bits per heavy atom. The molecule has 1 aliphatic rings. The Hall–Kier alpha value is -3.52. The number of benzene rings is 1. The van der Waals surface area contributed by atoms with Crippen molar-refractivity contribution >= 4 is 41.2 Å². The number of hydrogen-bond acceptors (Lipinski definition) is 4. The molecule has 1 saturated heterocycles. The van der Waals surface area contributed by atoms with Crippen molar-refractivity contribution < 1.29 is 19.5 Å². The number of carbonyl (C=O) groups is 3. The van der Waals surface area contributed by atoms with Gasteiger partial charge >= 0.3 is 5.97 Å². The molecule has 0 unspecified atom stereocenters. The summed E-state index contributed by atoms with van der Waals surface area (Å²) in [7, 11) is 0. The lowest BCUT2D eigenvalue weighted by molar-refractivity contribution is -0.128. The van der Waals surface area contributed by atoms with Crippen molar-refractivity contribution in [2.24, 2.45) is 0 Å². The van der Waals surface area contributed by atoms with E-state index in [1.165, 1.54) is 23.1 Å². The molecule has 1 aromatic carbocycles. The number of nitrogens with zero attached hydrogens (tertiary/aromatic N) is 2. The molecule has 0 spiro atoms. The molecule has 1 fully saturated rings. The lowest BCUT2D eigenvalue weighted by atomic mass is 10.1. The number of carboxylic acids is 1. The molecule has 0 aliphatic carbocycles. The minimum atomic E-state index is -0.994. The first-order valence-electron chi connectivity index (χ1n) is 8.77. The highest BCUT2D eigenvalue weighted by Gasteiger charge is 2.32. The Morgan fingerprint density at radius 1 is 1.24 bits per heavy atom. The van der Waals surface area contributed by atoms with Crippen molar-refractivity contribution in [2.75, 3.05) is 6.54 Å². The normalized spacial score (nSPS) is 15.6. The van der Waals surface area contributed by atoms with E-state index in [2.05, 4.69) is 11.9 Å². The second kappa shape index (κ2) is 7.84. The van der Waals surface area contributed by atoms with Crippen LogP contribution in [-0.4, -0.2) is 44.0 Å². The average Bonchev–Trinajstić information content (AvgIpc) is 2.95. The second-order valence-electron chi connectivity index (χ2n) is 6.54. The van der Waals surface area contributed by atoms with Gasteiger partial charge in [0.05, 0.1) is 5.56 Å². The fraction of sp³-hybridized carbons (Fsp3) is 0.143. The third-order valence-electron chi connectivity index (χ3n) is 4.64. The highest BCUT2D eigenvalue weighted by atomic mass is 32.1. The Balaban J connectivity index is 2.02. The summed E-state index contributed by atoms with van der Waals surface area (Å²) in [6, 6.07) is 8.34. The molecule has 148 valence electrons. The third-order valence-corrected chi connectivity index (χ3v) is 4.96. The molecule has 0 bridgehead atoms. The van der Waals surface area contributed by atoms with Crippen LogP contribution in [0.3, 0.4) is 0 Å². The van der Waals surface area contributed by atoms with Crippen molar-refractivity contribution in [1.82, 2.24) is 14.8 Å². The van der Waals surface area contributed by atoms with Crippen LogP contribution in [0.1, 0.15) is 27.3 Å². The van der Waals surface area contributed by atoms with Crippen LogP contribution in [0.4, 0.5) is 0 Å². The predicted octanol–water partition coefficient (Wildman–Crippen LogP) is 2.61. The van der Waals surface area contributed by atoms with Crippen molar-refractivity contribution in [2.45, 2.75) is 13.8 Å². The number of amides is 2. The fourth-order valence-corrected chi connectivity index (χ4v) is 3.48. The molecular formula is C21H19N3O4S. The van der Waals surface area contributed by atoms with Gasteiger partial charge in [0.2, 0.25) is 0 Å². The molecule has 7 nitrogen and oxygen atoms in total. The number of nitrogens with one attached hydrogen (secondary N) is 1. The van der Waals surface area contributed by atoms with E-state index in [4.69, 9.17) is 17.3 Å². The minimum absolute atomic E-state index is 0.0121. The Kier molecular flexibility index (Phi) is 5.47. The van der Waals surface area contributed by atoms with E-state index in [-0.39, 0.29) is 22.8 Å². The standard InChI is InChI=1S/C21H19N3O4S/c1-4-9-23-19(26)17(18(25)22-21(23)29)11-15-10-12(2)24(13(15)3)16-7-5-14(6-8-16)20(27)28/h4-8,10-11H,1,9H2,2-3H3,(H,27,28)(H,22,25,29). The number of thiocarbonyl (C=S) groups is 1. The summed E-state index contributed by atoms with van der Waals surface area (Å²) in [6.45, 7) is 7.56. The molecule has 8 heteroatoms. The van der Waals surface area contributed by atoms with Gasteiger partial charge in [-0.25, -0.2) is 4.79 Å². The number of rotatable bonds is 5. The summed E-state index contributed by atoms with van der Waals surface area (Å²) in [4.78, 5) is 37.4. The van der Waals surface area contributed by atoms with Gasteiger partial charge in [-0.1, -0.05) is 6.08 Å². The monoisotopic (exact) mass is 409 g/mol. The zero-order valence-corrected chi connectivity index (χ0v) is 16.7. The number of carbonyl (C=O) groups excluding carboxylic acids is 2. The molecule has 1 aliphatic heterocycles. The summed E-state index contributed by atoms with van der Waals surface area (Å²) in [6.07, 6.45) is 3.08. The highest BCUT2D eigenvalue weighted by Crippen LogP contribution is 2.24. The van der Waals surface area contributed by atoms with Crippen LogP contribution in [0, 0.1) is 13.8 Å². The zero-order valence-electron chi connectivity index (χ0n) is 15.9. The largest absolute Gasteiger partial charge is 0.478 e. The van der Waals surface area contributed by atoms with Gasteiger partial charge in [-0.2, -0.15) is 0 Å². The van der Waals surface area contributed by atoms with Crippen LogP contribution < -0.4 is 5.32 Å². The molecule has 3 rings (SSSR count). The van der Waals surface area contributed by atoms with Gasteiger partial charge in [0, 0.05) is 23.6 Å². The molecule has 0 radical (unpaired) electrons. The predicted molar refractivity (Wildman–Crippen MR) is 113 cm³/mol. The Morgan fingerprint density at radius 2 is 1.90 bits per heavy atom. The lowest BCUT2D eigenvalue weighted by Gasteiger charge is -2.27. The first-order valence-corrected chi connectivity index (χ1v) is 9.18. The summed E-state index contributed by atoms with van der Waals surface area (Å²) in [5.41, 5.74) is 3.35. The average molecular weight is 409 g/mol. The van der Waals surface area contributed by atoms with Crippen LogP contribution in [0.15, 0.2) is 48.6 Å². The van der Waals surface area contributed by atoms with Crippen molar-refractivity contribution in [3.63, 3.8) is 0 Å². The fourth-order valence-electron chi connectivity index (χ4n) is 3.23. The van der Waals surface area contributed by atoms with Gasteiger partial charge in [-0.15, -0.1) is 6.58 Å². The van der Waals surface area contributed by atoms with Gasteiger partial charge in [-0.05, 0) is 68.0 Å². The molecule has 2 aromatic rings. The van der Waals surface area contributed by atoms with Crippen molar-refractivity contribution in [3.8, 4) is 5.69 Å². The maximum absolute atomic E-state index is 12.7. The number of aryl methyl sites for hydroxylation is 1. The molecule has 2 N–H and O–H groups in total. The molecule has 0 atom stereocenters. The minimum Gasteiger partial charge on any atom is -0.478 e. The van der Waals surface area contributed by atoms with E-state index in [1.807, 2.05) is 24.5 Å². The van der Waals surface area contributed by atoms with Gasteiger partial charge < -0.3 is 9.67 Å². The third kappa shape index (κ3) is 3.74. The molecule has 2 amide bonds. The maximum Gasteiger partial charge on any atom is 0.335 e. The van der Waals surface area contributed by atoms with Crippen LogP contribution in [0.5, 0.6) is 0 Å². The van der Waals surface area contributed by atoms with Crippen LogP contribution >= 0.6 is 12.2 Å². The number of carboxylic acid groups (broad SMARTS) is 1. The Labute approximate surface area is 172 Å². The molecular weight excluding hydrogens is 390 g/mol. The summed E-state index contributed by atoms with van der Waals surface area (Å²) < 4.78 is 1.93. The van der Waals surface area contributed by atoms with E-state index in [1.54, 1.807) is 18.2 Å². The van der Waals surface area contributed by atoms with Crippen LogP contribution in [0.25, 0.3) is 11.8 Å². The SMILES string of the molecule is C=CCN1C(=O)C(=Cc2cc(C)n(-c3ccc(C(=O)O)cc3)c2C)C(=O)NC1=S.